The summed E-state index contributed by atoms with van der Waals surface area (Å²) in [5.74, 6) is -6.03. The van der Waals surface area contributed by atoms with Gasteiger partial charge in [0.1, 0.15) is 0 Å². The molecule has 0 aliphatic rings. The van der Waals surface area contributed by atoms with Gasteiger partial charge in [-0.3, -0.25) is 0 Å². The Labute approximate surface area is 174 Å². The average molecular weight is 420 g/mol. The largest absolute Gasteiger partial charge is 0.204 e. The van der Waals surface area contributed by atoms with E-state index in [-0.39, 0.29) is 5.56 Å². The molecule has 0 aromatic heterocycles. The van der Waals surface area contributed by atoms with Crippen molar-refractivity contribution in [1.29, 1.82) is 0 Å². The van der Waals surface area contributed by atoms with Crippen molar-refractivity contribution in [3.05, 3.63) is 108 Å². The lowest BCUT2D eigenvalue weighted by Gasteiger charge is -2.18. The zero-order valence-corrected chi connectivity index (χ0v) is 15.9. The number of benzene rings is 5. The molecule has 31 heavy (non-hydrogen) atoms. The monoisotopic (exact) mass is 420 g/mol. The third-order valence-electron chi connectivity index (χ3n) is 5.41. The lowest BCUT2D eigenvalue weighted by atomic mass is 9.86. The first-order valence-corrected chi connectivity index (χ1v) is 9.49. The maximum atomic E-state index is 14.1. The van der Waals surface area contributed by atoms with E-state index in [1.165, 1.54) is 6.07 Å². The first kappa shape index (κ1) is 19.2. The van der Waals surface area contributed by atoms with Gasteiger partial charge in [0.15, 0.2) is 29.1 Å². The summed E-state index contributed by atoms with van der Waals surface area (Å²) in [5.41, 5.74) is 1.84. The molecule has 0 saturated heterocycles. The number of halogens is 5. The van der Waals surface area contributed by atoms with Gasteiger partial charge in [0.25, 0.3) is 0 Å². The van der Waals surface area contributed by atoms with Crippen molar-refractivity contribution >= 4 is 21.5 Å². The van der Waals surface area contributed by atoms with Crippen LogP contribution in [0.2, 0.25) is 0 Å². The Morgan fingerprint density at radius 2 is 0.806 bits per heavy atom. The van der Waals surface area contributed by atoms with Gasteiger partial charge in [0.05, 0.1) is 0 Å². The summed E-state index contributed by atoms with van der Waals surface area (Å²) >= 11 is 0. The van der Waals surface area contributed by atoms with Crippen molar-refractivity contribution < 1.29 is 22.0 Å². The van der Waals surface area contributed by atoms with Gasteiger partial charge < -0.3 is 0 Å². The van der Waals surface area contributed by atoms with E-state index in [1.807, 2.05) is 0 Å². The topological polar surface area (TPSA) is 0 Å². The first-order chi connectivity index (χ1) is 15.0. The fraction of sp³-hybridized carbons (Fsp3) is 0. The zero-order chi connectivity index (χ0) is 21.7. The van der Waals surface area contributed by atoms with Gasteiger partial charge in [-0.05, 0) is 68.1 Å². The lowest BCUT2D eigenvalue weighted by molar-refractivity contribution is 0.448. The van der Waals surface area contributed by atoms with Crippen molar-refractivity contribution in [2.24, 2.45) is 0 Å². The zero-order valence-electron chi connectivity index (χ0n) is 15.9. The standard InChI is InChI=1S/C26H13F5/c27-20-10-9-14(11-21(20)28)24-16-5-1-3-7-18(16)25(19-8-4-2-6-17(19)24)15-12-22(29)26(31)23(30)13-15/h1-13H. The molecule has 5 heteroatoms. The van der Waals surface area contributed by atoms with E-state index in [0.717, 1.165) is 24.3 Å². The fourth-order valence-corrected chi connectivity index (χ4v) is 4.10. The average Bonchev–Trinajstić information content (AvgIpc) is 2.77. The van der Waals surface area contributed by atoms with Gasteiger partial charge in [0, 0.05) is 0 Å². The molecule has 0 atom stereocenters. The number of hydrogen-bond acceptors (Lipinski definition) is 0. The van der Waals surface area contributed by atoms with Crippen LogP contribution in [0.5, 0.6) is 0 Å². The molecule has 0 spiro atoms. The van der Waals surface area contributed by atoms with Gasteiger partial charge in [-0.15, -0.1) is 0 Å². The highest BCUT2D eigenvalue weighted by Crippen LogP contribution is 2.44. The van der Waals surface area contributed by atoms with Gasteiger partial charge >= 0.3 is 0 Å². The molecule has 0 unspecified atom stereocenters. The smallest absolute Gasteiger partial charge is 0.194 e. The molecular formula is C26H13F5. The summed E-state index contributed by atoms with van der Waals surface area (Å²) in [4.78, 5) is 0. The van der Waals surface area contributed by atoms with Crippen LogP contribution in [0.1, 0.15) is 0 Å². The van der Waals surface area contributed by atoms with Gasteiger partial charge in [0.2, 0.25) is 0 Å². The molecule has 0 bridgehead atoms. The maximum Gasteiger partial charge on any atom is 0.194 e. The van der Waals surface area contributed by atoms with Crippen molar-refractivity contribution in [3.63, 3.8) is 0 Å². The van der Waals surface area contributed by atoms with E-state index < -0.39 is 29.1 Å². The third kappa shape index (κ3) is 3.05. The Morgan fingerprint density at radius 1 is 0.387 bits per heavy atom. The third-order valence-corrected chi connectivity index (χ3v) is 5.41. The van der Waals surface area contributed by atoms with Crippen LogP contribution in [0.15, 0.2) is 78.9 Å². The highest BCUT2D eigenvalue weighted by molar-refractivity contribution is 6.21. The van der Waals surface area contributed by atoms with E-state index in [9.17, 15) is 22.0 Å². The Balaban J connectivity index is 1.97. The minimum Gasteiger partial charge on any atom is -0.204 e. The van der Waals surface area contributed by atoms with Crippen LogP contribution in [0.25, 0.3) is 43.8 Å². The summed E-state index contributed by atoms with van der Waals surface area (Å²) in [6, 6.07) is 19.9. The number of hydrogen-bond donors (Lipinski definition) is 0. The quantitative estimate of drug-likeness (QED) is 0.154. The summed E-state index contributed by atoms with van der Waals surface area (Å²) in [6.07, 6.45) is 0. The fourth-order valence-electron chi connectivity index (χ4n) is 4.10. The van der Waals surface area contributed by atoms with Crippen LogP contribution in [-0.2, 0) is 0 Å². The van der Waals surface area contributed by atoms with Crippen LogP contribution in [0.3, 0.4) is 0 Å². The molecule has 0 radical (unpaired) electrons. The summed E-state index contributed by atoms with van der Waals surface area (Å²) in [6.45, 7) is 0. The minimum absolute atomic E-state index is 0.181. The predicted octanol–water partition coefficient (Wildman–Crippen LogP) is 8.02. The van der Waals surface area contributed by atoms with E-state index >= 15 is 0 Å². The van der Waals surface area contributed by atoms with Crippen molar-refractivity contribution in [2.45, 2.75) is 0 Å². The lowest BCUT2D eigenvalue weighted by Crippen LogP contribution is -1.95. The number of fused-ring (bicyclic) bond motifs is 2. The molecule has 0 aliphatic carbocycles. The summed E-state index contributed by atoms with van der Waals surface area (Å²) < 4.78 is 69.3. The number of rotatable bonds is 2. The molecule has 5 aromatic rings. The highest BCUT2D eigenvalue weighted by atomic mass is 19.2. The normalized spacial score (nSPS) is 11.4. The molecular weight excluding hydrogens is 407 g/mol. The molecule has 5 rings (SSSR count). The van der Waals surface area contributed by atoms with E-state index in [2.05, 4.69) is 0 Å². The van der Waals surface area contributed by atoms with Crippen molar-refractivity contribution in [2.75, 3.05) is 0 Å². The second-order valence-corrected chi connectivity index (χ2v) is 7.22. The molecule has 5 aromatic carbocycles. The van der Waals surface area contributed by atoms with Gasteiger partial charge in [-0.25, -0.2) is 22.0 Å². The van der Waals surface area contributed by atoms with E-state index in [1.54, 1.807) is 48.5 Å². The molecule has 0 nitrogen and oxygen atoms in total. The van der Waals surface area contributed by atoms with E-state index in [4.69, 9.17) is 0 Å². The second-order valence-electron chi connectivity index (χ2n) is 7.22. The Bertz CT molecular complexity index is 1410. The molecule has 0 aliphatic heterocycles. The van der Waals surface area contributed by atoms with Crippen molar-refractivity contribution in [1.82, 2.24) is 0 Å². The van der Waals surface area contributed by atoms with Gasteiger partial charge in [-0.2, -0.15) is 0 Å². The Kier molecular flexibility index (Phi) is 4.47. The molecule has 0 fully saturated rings. The molecule has 0 heterocycles. The van der Waals surface area contributed by atoms with Crippen LogP contribution in [0, 0.1) is 29.1 Å². The maximum absolute atomic E-state index is 14.1. The second kappa shape index (κ2) is 7.20. The Morgan fingerprint density at radius 3 is 1.26 bits per heavy atom. The predicted molar refractivity (Wildman–Crippen MR) is 112 cm³/mol. The molecule has 0 saturated carbocycles. The van der Waals surface area contributed by atoms with Crippen LogP contribution >= 0.6 is 0 Å². The first-order valence-electron chi connectivity index (χ1n) is 9.49. The van der Waals surface area contributed by atoms with Crippen molar-refractivity contribution in [3.8, 4) is 22.3 Å². The van der Waals surface area contributed by atoms with Crippen LogP contribution in [0.4, 0.5) is 22.0 Å². The minimum atomic E-state index is -1.53. The van der Waals surface area contributed by atoms with E-state index in [0.29, 0.717) is 38.2 Å². The molecule has 0 amide bonds. The van der Waals surface area contributed by atoms with Crippen LogP contribution < -0.4 is 0 Å². The van der Waals surface area contributed by atoms with Crippen LogP contribution in [-0.4, -0.2) is 0 Å². The molecule has 0 N–H and O–H groups in total. The SMILES string of the molecule is Fc1ccc(-c2c3ccccc3c(-c3cc(F)c(F)c(F)c3)c3ccccc23)cc1F. The summed E-state index contributed by atoms with van der Waals surface area (Å²) in [7, 11) is 0. The van der Waals surface area contributed by atoms with Gasteiger partial charge in [-0.1, -0.05) is 54.6 Å². The summed E-state index contributed by atoms with van der Waals surface area (Å²) in [5, 5.41) is 2.66. The Hall–Kier alpha value is -3.73. The highest BCUT2D eigenvalue weighted by Gasteiger charge is 2.19. The molecule has 152 valence electrons.